The summed E-state index contributed by atoms with van der Waals surface area (Å²) in [6.07, 6.45) is 4.23. The molecule has 1 amide bonds. The van der Waals surface area contributed by atoms with E-state index in [-0.39, 0.29) is 6.09 Å². The fourth-order valence-corrected chi connectivity index (χ4v) is 2.25. The molecule has 1 aliphatic carbocycles. The zero-order chi connectivity index (χ0) is 11.3. The normalized spacial score (nSPS) is 26.1. The summed E-state index contributed by atoms with van der Waals surface area (Å²) in [7, 11) is 3.26. The van der Waals surface area contributed by atoms with Crippen molar-refractivity contribution < 1.29 is 9.53 Å². The molecule has 0 spiro atoms. The van der Waals surface area contributed by atoms with Gasteiger partial charge in [-0.3, -0.25) is 0 Å². The van der Waals surface area contributed by atoms with Gasteiger partial charge in [0.2, 0.25) is 0 Å². The average Bonchev–Trinajstić information content (AvgIpc) is 2.28. The van der Waals surface area contributed by atoms with Crippen molar-refractivity contribution in [3.8, 4) is 0 Å². The number of rotatable bonds is 3. The first-order valence-electron chi connectivity index (χ1n) is 5.73. The fourth-order valence-electron chi connectivity index (χ4n) is 2.25. The molecule has 1 fully saturated rings. The van der Waals surface area contributed by atoms with E-state index in [1.54, 1.807) is 4.90 Å². The Hall–Kier alpha value is -0.770. The highest BCUT2D eigenvalue weighted by Crippen LogP contribution is 2.22. The van der Waals surface area contributed by atoms with Crippen molar-refractivity contribution in [2.45, 2.75) is 44.7 Å². The van der Waals surface area contributed by atoms with E-state index in [4.69, 9.17) is 4.74 Å². The quantitative estimate of drug-likeness (QED) is 0.776. The van der Waals surface area contributed by atoms with Crippen molar-refractivity contribution in [1.82, 2.24) is 10.2 Å². The molecule has 0 bridgehead atoms. The van der Waals surface area contributed by atoms with Gasteiger partial charge in [-0.15, -0.1) is 0 Å². The van der Waals surface area contributed by atoms with Crippen LogP contribution in [0, 0.1) is 0 Å². The Morgan fingerprint density at radius 2 is 2.00 bits per heavy atom. The zero-order valence-electron chi connectivity index (χ0n) is 9.95. The number of hydrogen-bond donors (Lipinski definition) is 1. The summed E-state index contributed by atoms with van der Waals surface area (Å²) in [4.78, 5) is 13.0. The summed E-state index contributed by atoms with van der Waals surface area (Å²) >= 11 is 0. The van der Waals surface area contributed by atoms with E-state index >= 15 is 0 Å². The number of ether oxygens (including phenoxy) is 1. The predicted octanol–water partition coefficient (Wildman–Crippen LogP) is 1.61. The smallest absolute Gasteiger partial charge is 0.409 e. The number of amides is 1. The molecule has 1 N–H and O–H groups in total. The summed E-state index contributed by atoms with van der Waals surface area (Å²) in [5.41, 5.74) is 0. The minimum atomic E-state index is -0.220. The molecule has 0 aromatic carbocycles. The molecule has 0 heterocycles. The molecule has 0 unspecified atom stereocenters. The van der Waals surface area contributed by atoms with Gasteiger partial charge in [0.25, 0.3) is 0 Å². The van der Waals surface area contributed by atoms with Crippen molar-refractivity contribution in [1.29, 1.82) is 0 Å². The van der Waals surface area contributed by atoms with E-state index in [1.807, 2.05) is 7.05 Å². The van der Waals surface area contributed by atoms with Crippen molar-refractivity contribution in [2.75, 3.05) is 20.7 Å². The number of nitrogens with zero attached hydrogens (tertiary/aromatic N) is 1. The maximum atomic E-state index is 11.3. The highest BCUT2D eigenvalue weighted by molar-refractivity contribution is 5.67. The molecular weight excluding hydrogens is 192 g/mol. The van der Waals surface area contributed by atoms with Crippen molar-refractivity contribution >= 4 is 6.09 Å². The molecule has 0 atom stereocenters. The van der Waals surface area contributed by atoms with Crippen LogP contribution in [0.5, 0.6) is 0 Å². The Bertz CT molecular complexity index is 201. The molecule has 4 heteroatoms. The highest BCUT2D eigenvalue weighted by Gasteiger charge is 2.26. The van der Waals surface area contributed by atoms with Gasteiger partial charge in [-0.2, -0.15) is 0 Å². The maximum Gasteiger partial charge on any atom is 0.409 e. The zero-order valence-corrected chi connectivity index (χ0v) is 9.95. The van der Waals surface area contributed by atoms with Crippen LogP contribution in [0.25, 0.3) is 0 Å². The van der Waals surface area contributed by atoms with E-state index in [9.17, 15) is 4.79 Å². The molecule has 1 saturated carbocycles. The monoisotopic (exact) mass is 214 g/mol. The van der Waals surface area contributed by atoms with Crippen LogP contribution in [0.15, 0.2) is 0 Å². The first-order valence-corrected chi connectivity index (χ1v) is 5.73. The summed E-state index contributed by atoms with van der Waals surface area (Å²) in [5.74, 6) is 0. The highest BCUT2D eigenvalue weighted by atomic mass is 16.5. The molecule has 0 saturated heterocycles. The Morgan fingerprint density at radius 3 is 2.47 bits per heavy atom. The largest absolute Gasteiger partial charge is 0.453 e. The van der Waals surface area contributed by atoms with Crippen LogP contribution in [0.4, 0.5) is 4.79 Å². The number of nitrogens with one attached hydrogen (secondary N) is 1. The fraction of sp³-hybridized carbons (Fsp3) is 0.909. The van der Waals surface area contributed by atoms with Crippen molar-refractivity contribution in [3.63, 3.8) is 0 Å². The van der Waals surface area contributed by atoms with Crippen LogP contribution in [0.1, 0.15) is 32.6 Å². The second kappa shape index (κ2) is 5.95. The van der Waals surface area contributed by atoms with Crippen LogP contribution < -0.4 is 5.32 Å². The van der Waals surface area contributed by atoms with Gasteiger partial charge in [0.15, 0.2) is 0 Å². The third kappa shape index (κ3) is 3.38. The van der Waals surface area contributed by atoms with Crippen molar-refractivity contribution in [2.24, 2.45) is 0 Å². The van der Waals surface area contributed by atoms with Gasteiger partial charge < -0.3 is 15.0 Å². The third-order valence-corrected chi connectivity index (χ3v) is 3.20. The summed E-state index contributed by atoms with van der Waals surface area (Å²) in [5, 5.41) is 3.45. The van der Waals surface area contributed by atoms with Crippen LogP contribution in [0.2, 0.25) is 0 Å². The topological polar surface area (TPSA) is 41.6 Å². The van der Waals surface area contributed by atoms with Crippen LogP contribution >= 0.6 is 0 Å². The second-order valence-electron chi connectivity index (χ2n) is 4.14. The molecule has 0 aliphatic heterocycles. The minimum absolute atomic E-state index is 0.220. The van der Waals surface area contributed by atoms with Gasteiger partial charge in [-0.1, -0.05) is 6.92 Å². The van der Waals surface area contributed by atoms with Crippen LogP contribution in [-0.4, -0.2) is 43.8 Å². The lowest BCUT2D eigenvalue weighted by Gasteiger charge is -2.34. The van der Waals surface area contributed by atoms with Gasteiger partial charge in [0, 0.05) is 19.1 Å². The average molecular weight is 214 g/mol. The van der Waals surface area contributed by atoms with Gasteiger partial charge >= 0.3 is 6.09 Å². The summed E-state index contributed by atoms with van der Waals surface area (Å²) < 4.78 is 4.71. The van der Waals surface area contributed by atoms with Crippen LogP contribution in [0.3, 0.4) is 0 Å². The first kappa shape index (κ1) is 12.3. The van der Waals surface area contributed by atoms with E-state index in [1.165, 1.54) is 7.11 Å². The molecule has 1 rings (SSSR count). The lowest BCUT2D eigenvalue weighted by molar-refractivity contribution is 0.104. The summed E-state index contributed by atoms with van der Waals surface area (Å²) in [6, 6.07) is 0.990. The lowest BCUT2D eigenvalue weighted by atomic mass is 9.90. The lowest BCUT2D eigenvalue weighted by Crippen LogP contribution is -2.43. The second-order valence-corrected chi connectivity index (χ2v) is 4.14. The van der Waals surface area contributed by atoms with Gasteiger partial charge in [-0.05, 0) is 32.2 Å². The van der Waals surface area contributed by atoms with E-state index in [2.05, 4.69) is 12.2 Å². The number of carbonyl (C=O) groups excluding carboxylic acids is 1. The van der Waals surface area contributed by atoms with E-state index in [0.29, 0.717) is 12.1 Å². The Labute approximate surface area is 92.0 Å². The predicted molar refractivity (Wildman–Crippen MR) is 59.9 cm³/mol. The van der Waals surface area contributed by atoms with Gasteiger partial charge in [0.05, 0.1) is 7.11 Å². The molecule has 0 aromatic heterocycles. The Kier molecular flexibility index (Phi) is 4.88. The first-order chi connectivity index (χ1) is 7.19. The molecule has 0 radical (unpaired) electrons. The van der Waals surface area contributed by atoms with Crippen LogP contribution in [-0.2, 0) is 4.74 Å². The molecule has 88 valence electrons. The Balaban J connectivity index is 2.33. The molecule has 1 aliphatic rings. The third-order valence-electron chi connectivity index (χ3n) is 3.20. The molecule has 0 aromatic rings. The molecule has 15 heavy (non-hydrogen) atoms. The standard InChI is InChI=1S/C11H22N2O2/c1-4-12-9-5-7-10(8-6-9)13(2)11(14)15-3/h9-10,12H,4-8H2,1-3H3. The maximum absolute atomic E-state index is 11.3. The number of hydrogen-bond acceptors (Lipinski definition) is 3. The van der Waals surface area contributed by atoms with Gasteiger partial charge in [-0.25, -0.2) is 4.79 Å². The summed E-state index contributed by atoms with van der Waals surface area (Å²) in [6.45, 7) is 3.16. The number of carbonyl (C=O) groups is 1. The van der Waals surface area contributed by atoms with Gasteiger partial charge in [0.1, 0.15) is 0 Å². The van der Waals surface area contributed by atoms with E-state index in [0.717, 1.165) is 32.2 Å². The molecular formula is C11H22N2O2. The van der Waals surface area contributed by atoms with Crippen molar-refractivity contribution in [3.05, 3.63) is 0 Å². The SMILES string of the molecule is CCNC1CCC(N(C)C(=O)OC)CC1. The van der Waals surface area contributed by atoms with E-state index < -0.39 is 0 Å². The Morgan fingerprint density at radius 1 is 1.40 bits per heavy atom. The molecule has 4 nitrogen and oxygen atoms in total. The minimum Gasteiger partial charge on any atom is -0.453 e. The number of methoxy groups -OCH3 is 1.